The molecule has 256 valence electrons. The van der Waals surface area contributed by atoms with Crippen LogP contribution in [0.4, 0.5) is 8.78 Å². The molecule has 0 bridgehead atoms. The van der Waals surface area contributed by atoms with Crippen LogP contribution in [-0.4, -0.2) is 124 Å². The first-order valence-electron chi connectivity index (χ1n) is 17.1. The number of hydrogen-bond acceptors (Lipinski definition) is 5. The van der Waals surface area contributed by atoms with E-state index in [0.29, 0.717) is 43.7 Å². The first-order valence-corrected chi connectivity index (χ1v) is 17.4. The number of hydrogen-bond donors (Lipinski definition) is 0. The zero-order valence-corrected chi connectivity index (χ0v) is 29.1. The van der Waals surface area contributed by atoms with Gasteiger partial charge in [0, 0.05) is 94.1 Å². The monoisotopic (exact) mass is 663 g/mol. The zero-order valence-electron chi connectivity index (χ0n) is 28.4. The molecular weight excluding hydrogens is 612 g/mol. The van der Waals surface area contributed by atoms with E-state index in [1.54, 1.807) is 9.80 Å². The van der Waals surface area contributed by atoms with Crippen molar-refractivity contribution in [2.75, 3.05) is 45.8 Å². The number of rotatable bonds is 6. The number of alkyl halides is 2. The predicted molar refractivity (Wildman–Crippen MR) is 176 cm³/mol. The third-order valence-corrected chi connectivity index (χ3v) is 11.2. The summed E-state index contributed by atoms with van der Waals surface area (Å²) in [4.78, 5) is 52.3. The van der Waals surface area contributed by atoms with Gasteiger partial charge in [0.25, 0.3) is 0 Å². The lowest BCUT2D eigenvalue weighted by Crippen LogP contribution is -2.56. The highest BCUT2D eigenvalue weighted by molar-refractivity contribution is 6.30. The summed E-state index contributed by atoms with van der Waals surface area (Å²) < 4.78 is 28.2. The van der Waals surface area contributed by atoms with Gasteiger partial charge in [0.05, 0.1) is 12.0 Å². The highest BCUT2D eigenvalue weighted by atomic mass is 35.5. The average molecular weight is 664 g/mol. The van der Waals surface area contributed by atoms with Crippen LogP contribution in [0.15, 0.2) is 24.3 Å². The summed E-state index contributed by atoms with van der Waals surface area (Å²) in [5, 5.41) is 0.632. The highest BCUT2D eigenvalue weighted by Gasteiger charge is 2.51. The van der Waals surface area contributed by atoms with Crippen LogP contribution in [0.1, 0.15) is 85.1 Å². The molecule has 0 spiro atoms. The molecule has 0 radical (unpaired) electrons. The molecule has 1 aromatic carbocycles. The number of likely N-dealkylation sites (tertiary alicyclic amines) is 2. The van der Waals surface area contributed by atoms with E-state index in [-0.39, 0.29) is 73.4 Å². The number of carbonyl (C=O) groups is 3. The van der Waals surface area contributed by atoms with Gasteiger partial charge in [-0.25, -0.2) is 8.78 Å². The topological polar surface area (TPSA) is 67.4 Å². The Balaban J connectivity index is 1.44. The molecule has 1 aromatic rings. The van der Waals surface area contributed by atoms with E-state index in [4.69, 9.17) is 11.6 Å². The minimum Gasteiger partial charge on any atom is -0.338 e. The summed E-state index contributed by atoms with van der Waals surface area (Å²) in [6, 6.07) is 6.63. The normalized spacial score (nSPS) is 28.2. The van der Waals surface area contributed by atoms with Crippen molar-refractivity contribution in [2.24, 2.45) is 5.92 Å². The van der Waals surface area contributed by atoms with E-state index in [0.717, 1.165) is 18.7 Å². The van der Waals surface area contributed by atoms with Crippen molar-refractivity contribution in [3.63, 3.8) is 0 Å². The van der Waals surface area contributed by atoms with E-state index in [1.165, 1.54) is 6.92 Å². The van der Waals surface area contributed by atoms with Gasteiger partial charge in [-0.3, -0.25) is 24.2 Å². The Morgan fingerprint density at radius 2 is 1.52 bits per heavy atom. The molecule has 1 aliphatic carbocycles. The van der Waals surface area contributed by atoms with Gasteiger partial charge in [-0.2, -0.15) is 0 Å². The molecule has 11 heteroatoms. The molecule has 3 amide bonds. The van der Waals surface area contributed by atoms with Crippen LogP contribution < -0.4 is 0 Å². The van der Waals surface area contributed by atoms with Gasteiger partial charge in [-0.1, -0.05) is 23.7 Å². The molecule has 0 aromatic heterocycles. The minimum atomic E-state index is -2.72. The van der Waals surface area contributed by atoms with Crippen LogP contribution in [0.3, 0.4) is 0 Å². The Kier molecular flexibility index (Phi) is 10.4. The zero-order chi connectivity index (χ0) is 33.6. The fraction of sp³-hybridized carbons (Fsp3) is 0.743. The van der Waals surface area contributed by atoms with Crippen LogP contribution in [0.25, 0.3) is 0 Å². The molecular formula is C35H52ClF2N5O3. The molecule has 3 heterocycles. The minimum absolute atomic E-state index is 0.0768. The summed E-state index contributed by atoms with van der Waals surface area (Å²) in [7, 11) is 0. The lowest BCUT2D eigenvalue weighted by atomic mass is 9.87. The summed E-state index contributed by atoms with van der Waals surface area (Å²) >= 11 is 6.22. The maximum Gasteiger partial charge on any atom is 0.248 e. The highest BCUT2D eigenvalue weighted by Crippen LogP contribution is 2.41. The van der Waals surface area contributed by atoms with Crippen LogP contribution in [0.2, 0.25) is 5.02 Å². The summed E-state index contributed by atoms with van der Waals surface area (Å²) in [5.74, 6) is -3.53. The Morgan fingerprint density at radius 1 is 0.913 bits per heavy atom. The SMILES string of the molecule is CC(=O)N(C1CCC(F)(F)CC1)C1C[C@@H](C(=O)N2CCN(C(C)C)CC2)N(C(=O)[C@@H]2CN(C(C)(C)C)C[C@H]2c2ccc(Cl)cc2)C1. The van der Waals surface area contributed by atoms with Crippen LogP contribution >= 0.6 is 11.6 Å². The molecule has 1 saturated carbocycles. The standard InChI is InChI=1S/C35H52ClF2N5O3/c1-23(2)39-15-17-40(18-16-39)33(46)31-19-28(43(24(3)44)27-11-13-35(37,38)14-12-27)20-42(31)32(45)30-22-41(34(4,5)6)21-29(30)25-7-9-26(36)10-8-25/h7-10,23,27-31H,11-22H2,1-6H3/t28?,29-,30+,31-/m0/s1. The van der Waals surface area contributed by atoms with Gasteiger partial charge in [0.1, 0.15) is 6.04 Å². The lowest BCUT2D eigenvalue weighted by Gasteiger charge is -2.40. The number of nitrogens with zero attached hydrogens (tertiary/aromatic N) is 5. The number of amides is 3. The predicted octanol–water partition coefficient (Wildman–Crippen LogP) is 5.10. The van der Waals surface area contributed by atoms with E-state index >= 15 is 0 Å². The van der Waals surface area contributed by atoms with Crippen LogP contribution in [0, 0.1) is 5.92 Å². The number of halogens is 3. The lowest BCUT2D eigenvalue weighted by molar-refractivity contribution is -0.147. The molecule has 8 nitrogen and oxygen atoms in total. The third-order valence-electron chi connectivity index (χ3n) is 10.9. The third kappa shape index (κ3) is 7.54. The van der Waals surface area contributed by atoms with Gasteiger partial charge >= 0.3 is 0 Å². The second kappa shape index (κ2) is 13.7. The average Bonchev–Trinajstić information content (AvgIpc) is 3.64. The molecule has 4 aliphatic rings. The Labute approximate surface area is 278 Å². The smallest absolute Gasteiger partial charge is 0.248 e. The molecule has 3 saturated heterocycles. The molecule has 5 rings (SSSR count). The van der Waals surface area contributed by atoms with Crippen molar-refractivity contribution in [2.45, 2.75) is 115 Å². The van der Waals surface area contributed by atoms with Gasteiger partial charge in [0.15, 0.2) is 0 Å². The number of piperazine rings is 1. The molecule has 4 atom stereocenters. The molecule has 4 fully saturated rings. The van der Waals surface area contributed by atoms with Crippen LogP contribution in [-0.2, 0) is 14.4 Å². The number of carbonyl (C=O) groups excluding carboxylic acids is 3. The fourth-order valence-electron chi connectivity index (χ4n) is 8.14. The van der Waals surface area contributed by atoms with E-state index < -0.39 is 18.0 Å². The van der Waals surface area contributed by atoms with Crippen molar-refractivity contribution in [1.29, 1.82) is 0 Å². The van der Waals surface area contributed by atoms with Crippen molar-refractivity contribution >= 4 is 29.3 Å². The first kappa shape index (κ1) is 35.0. The first-order chi connectivity index (χ1) is 21.6. The van der Waals surface area contributed by atoms with E-state index in [1.807, 2.05) is 29.2 Å². The number of benzene rings is 1. The summed E-state index contributed by atoms with van der Waals surface area (Å²) in [5.41, 5.74) is 0.874. The van der Waals surface area contributed by atoms with Crippen molar-refractivity contribution in [3.05, 3.63) is 34.9 Å². The summed E-state index contributed by atoms with van der Waals surface area (Å²) in [6.45, 7) is 16.4. The largest absolute Gasteiger partial charge is 0.338 e. The molecule has 0 N–H and O–H groups in total. The fourth-order valence-corrected chi connectivity index (χ4v) is 8.27. The molecule has 1 unspecified atom stereocenters. The Hall–Kier alpha value is -2.30. The maximum absolute atomic E-state index is 14.8. The van der Waals surface area contributed by atoms with Crippen molar-refractivity contribution in [3.8, 4) is 0 Å². The molecule has 3 aliphatic heterocycles. The van der Waals surface area contributed by atoms with Gasteiger partial charge < -0.3 is 14.7 Å². The van der Waals surface area contributed by atoms with Crippen molar-refractivity contribution in [1.82, 2.24) is 24.5 Å². The maximum atomic E-state index is 14.8. The van der Waals surface area contributed by atoms with Crippen molar-refractivity contribution < 1.29 is 23.2 Å². The van der Waals surface area contributed by atoms with E-state index in [9.17, 15) is 23.2 Å². The Morgan fingerprint density at radius 3 is 2.07 bits per heavy atom. The van der Waals surface area contributed by atoms with Gasteiger partial charge in [0.2, 0.25) is 23.6 Å². The van der Waals surface area contributed by atoms with Gasteiger partial charge in [-0.05, 0) is 71.6 Å². The second-order valence-corrected chi connectivity index (χ2v) is 15.6. The van der Waals surface area contributed by atoms with E-state index in [2.05, 4.69) is 44.4 Å². The summed E-state index contributed by atoms with van der Waals surface area (Å²) in [6.07, 6.45) is 0.242. The van der Waals surface area contributed by atoms with Gasteiger partial charge in [-0.15, -0.1) is 0 Å². The van der Waals surface area contributed by atoms with Crippen LogP contribution in [0.5, 0.6) is 0 Å². The molecule has 46 heavy (non-hydrogen) atoms. The second-order valence-electron chi connectivity index (χ2n) is 15.2. The Bertz CT molecular complexity index is 1250. The quantitative estimate of drug-likeness (QED) is 0.424.